The Hall–Kier alpha value is -0.390. The molecule has 20 heavy (non-hydrogen) atoms. The van der Waals surface area contributed by atoms with Gasteiger partial charge in [-0.1, -0.05) is 6.92 Å². The second-order valence-electron chi connectivity index (χ2n) is 5.57. The lowest BCUT2D eigenvalue weighted by Crippen LogP contribution is -2.44. The first-order chi connectivity index (χ1) is 9.62. The number of likely N-dealkylation sites (N-methyl/N-ethyl adjacent to an activating group) is 1. The Morgan fingerprint density at radius 1 is 1.45 bits per heavy atom. The third kappa shape index (κ3) is 3.43. The van der Waals surface area contributed by atoms with Crippen LogP contribution in [0.5, 0.6) is 0 Å². The Balaban J connectivity index is 2.18. The number of nitrogens with zero attached hydrogens (tertiary/aromatic N) is 2. The number of aromatic nitrogens is 2. The zero-order chi connectivity index (χ0) is 14.7. The predicted octanol–water partition coefficient (Wildman–Crippen LogP) is 2.92. The Morgan fingerprint density at radius 3 is 2.65 bits per heavy atom. The highest BCUT2D eigenvalue weighted by atomic mass is 79.9. The van der Waals surface area contributed by atoms with Crippen LogP contribution in [0.1, 0.15) is 38.1 Å². The van der Waals surface area contributed by atoms with Crippen LogP contribution in [0.25, 0.3) is 0 Å². The molecule has 4 nitrogen and oxygen atoms in total. The molecule has 0 aliphatic heterocycles. The summed E-state index contributed by atoms with van der Waals surface area (Å²) in [4.78, 5) is 0. The van der Waals surface area contributed by atoms with Crippen molar-refractivity contribution in [3.8, 4) is 0 Å². The molecule has 0 spiro atoms. The molecule has 2 atom stereocenters. The van der Waals surface area contributed by atoms with Gasteiger partial charge in [-0.3, -0.25) is 4.68 Å². The van der Waals surface area contributed by atoms with Crippen LogP contribution in [0.4, 0.5) is 0 Å². The number of halogens is 1. The van der Waals surface area contributed by atoms with Crippen LogP contribution in [-0.4, -0.2) is 35.6 Å². The number of methoxy groups -OCH3 is 1. The number of hydrogen-bond donors (Lipinski definition) is 1. The molecule has 1 heterocycles. The maximum absolute atomic E-state index is 5.77. The van der Waals surface area contributed by atoms with Gasteiger partial charge in [0.15, 0.2) is 0 Å². The molecule has 0 radical (unpaired) electrons. The fraction of sp³-hybridized carbons (Fsp3) is 0.800. The first kappa shape index (κ1) is 16.0. The monoisotopic (exact) mass is 343 g/mol. The Labute approximate surface area is 130 Å². The average Bonchev–Trinajstić information content (AvgIpc) is 3.22. The summed E-state index contributed by atoms with van der Waals surface area (Å²) < 4.78 is 9.02. The molecule has 2 rings (SSSR count). The summed E-state index contributed by atoms with van der Waals surface area (Å²) in [5.41, 5.74) is 2.34. The van der Waals surface area contributed by atoms with E-state index in [0.29, 0.717) is 12.1 Å². The highest BCUT2D eigenvalue weighted by Crippen LogP contribution is 2.36. The van der Waals surface area contributed by atoms with Crippen molar-refractivity contribution in [1.29, 1.82) is 0 Å². The Morgan fingerprint density at radius 2 is 2.15 bits per heavy atom. The van der Waals surface area contributed by atoms with Gasteiger partial charge in [0.25, 0.3) is 0 Å². The SMILES string of the molecule is CCNC(Cc1c(Br)c(C)nn1CC)C(OC)C1CC1. The van der Waals surface area contributed by atoms with Gasteiger partial charge in [0.05, 0.1) is 22.0 Å². The fourth-order valence-electron chi connectivity index (χ4n) is 2.95. The van der Waals surface area contributed by atoms with Gasteiger partial charge < -0.3 is 10.1 Å². The summed E-state index contributed by atoms with van der Waals surface area (Å²) in [7, 11) is 1.84. The Kier molecular flexibility index (Phi) is 5.64. The zero-order valence-electron chi connectivity index (χ0n) is 12.9. The first-order valence-corrected chi connectivity index (χ1v) is 8.39. The van der Waals surface area contributed by atoms with E-state index < -0.39 is 0 Å². The molecule has 2 unspecified atom stereocenters. The first-order valence-electron chi connectivity index (χ1n) is 7.60. The van der Waals surface area contributed by atoms with Crippen molar-refractivity contribution in [2.45, 2.75) is 58.7 Å². The maximum atomic E-state index is 5.77. The van der Waals surface area contributed by atoms with E-state index in [-0.39, 0.29) is 0 Å². The van der Waals surface area contributed by atoms with Crippen molar-refractivity contribution in [3.05, 3.63) is 15.9 Å². The van der Waals surface area contributed by atoms with Gasteiger partial charge in [-0.05, 0) is 55.1 Å². The van der Waals surface area contributed by atoms with E-state index in [4.69, 9.17) is 4.74 Å². The van der Waals surface area contributed by atoms with Gasteiger partial charge in [0, 0.05) is 26.1 Å². The predicted molar refractivity (Wildman–Crippen MR) is 85.0 cm³/mol. The highest BCUT2D eigenvalue weighted by molar-refractivity contribution is 9.10. The van der Waals surface area contributed by atoms with E-state index in [9.17, 15) is 0 Å². The van der Waals surface area contributed by atoms with Crippen LogP contribution in [-0.2, 0) is 17.7 Å². The van der Waals surface area contributed by atoms with Crippen molar-refractivity contribution in [3.63, 3.8) is 0 Å². The molecular formula is C15H26BrN3O. The van der Waals surface area contributed by atoms with Crippen LogP contribution < -0.4 is 5.32 Å². The third-order valence-corrected chi connectivity index (χ3v) is 5.12. The summed E-state index contributed by atoms with van der Waals surface area (Å²) in [5, 5.41) is 8.19. The van der Waals surface area contributed by atoms with Crippen molar-refractivity contribution in [1.82, 2.24) is 15.1 Å². The lowest BCUT2D eigenvalue weighted by atomic mass is 10.0. The van der Waals surface area contributed by atoms with Gasteiger partial charge in [-0.15, -0.1) is 0 Å². The highest BCUT2D eigenvalue weighted by Gasteiger charge is 2.37. The van der Waals surface area contributed by atoms with Gasteiger partial charge in [-0.2, -0.15) is 5.10 Å². The van der Waals surface area contributed by atoms with Crippen molar-refractivity contribution in [2.24, 2.45) is 5.92 Å². The summed E-state index contributed by atoms with van der Waals surface area (Å²) in [6.07, 6.45) is 3.86. The minimum Gasteiger partial charge on any atom is -0.380 e. The molecule has 0 bridgehead atoms. The number of rotatable bonds is 8. The van der Waals surface area contributed by atoms with E-state index >= 15 is 0 Å². The third-order valence-electron chi connectivity index (χ3n) is 4.09. The van der Waals surface area contributed by atoms with Crippen LogP contribution in [0, 0.1) is 12.8 Å². The lowest BCUT2D eigenvalue weighted by molar-refractivity contribution is 0.0509. The lowest BCUT2D eigenvalue weighted by Gasteiger charge is -2.27. The minimum absolute atomic E-state index is 0.308. The molecule has 1 aromatic rings. The minimum atomic E-state index is 0.308. The van der Waals surface area contributed by atoms with Gasteiger partial charge >= 0.3 is 0 Å². The fourth-order valence-corrected chi connectivity index (χ4v) is 3.39. The molecular weight excluding hydrogens is 318 g/mol. The van der Waals surface area contributed by atoms with E-state index in [1.165, 1.54) is 18.5 Å². The van der Waals surface area contributed by atoms with E-state index in [1.807, 2.05) is 7.11 Å². The summed E-state index contributed by atoms with van der Waals surface area (Å²) in [5.74, 6) is 0.724. The molecule has 1 aromatic heterocycles. The van der Waals surface area contributed by atoms with Crippen LogP contribution in [0.3, 0.4) is 0 Å². The second kappa shape index (κ2) is 7.05. The number of aryl methyl sites for hydroxylation is 2. The van der Waals surface area contributed by atoms with Crippen molar-refractivity contribution < 1.29 is 4.74 Å². The quantitative estimate of drug-likeness (QED) is 0.788. The van der Waals surface area contributed by atoms with Gasteiger partial charge in [-0.25, -0.2) is 0 Å². The molecule has 1 N–H and O–H groups in total. The molecule has 0 saturated heterocycles. The second-order valence-corrected chi connectivity index (χ2v) is 6.36. The van der Waals surface area contributed by atoms with E-state index in [1.54, 1.807) is 0 Å². The maximum Gasteiger partial charge on any atom is 0.0756 e. The summed E-state index contributed by atoms with van der Waals surface area (Å²) >= 11 is 3.69. The smallest absolute Gasteiger partial charge is 0.0756 e. The number of hydrogen-bond acceptors (Lipinski definition) is 3. The summed E-state index contributed by atoms with van der Waals surface area (Å²) in [6, 6.07) is 0.357. The molecule has 1 aliphatic carbocycles. The molecule has 1 saturated carbocycles. The molecule has 0 amide bonds. The van der Waals surface area contributed by atoms with E-state index in [2.05, 4.69) is 51.8 Å². The zero-order valence-corrected chi connectivity index (χ0v) is 14.5. The average molecular weight is 344 g/mol. The summed E-state index contributed by atoms with van der Waals surface area (Å²) in [6.45, 7) is 8.22. The van der Waals surface area contributed by atoms with Crippen LogP contribution >= 0.6 is 15.9 Å². The van der Waals surface area contributed by atoms with Gasteiger partial charge in [0.1, 0.15) is 0 Å². The topological polar surface area (TPSA) is 39.1 Å². The normalized spacial score (nSPS) is 18.2. The standard InChI is InChI=1S/C15H26BrN3O/c1-5-17-12(15(20-4)11-7-8-11)9-13-14(16)10(3)18-19(13)6-2/h11-12,15,17H,5-9H2,1-4H3. The largest absolute Gasteiger partial charge is 0.380 e. The van der Waals surface area contributed by atoms with Crippen molar-refractivity contribution >= 4 is 15.9 Å². The van der Waals surface area contributed by atoms with Crippen LogP contribution in [0.2, 0.25) is 0 Å². The molecule has 5 heteroatoms. The number of nitrogens with one attached hydrogen (secondary N) is 1. The van der Waals surface area contributed by atoms with Gasteiger partial charge in [0.2, 0.25) is 0 Å². The van der Waals surface area contributed by atoms with E-state index in [0.717, 1.165) is 35.6 Å². The van der Waals surface area contributed by atoms with Crippen LogP contribution in [0.15, 0.2) is 4.47 Å². The molecule has 1 aliphatic rings. The molecule has 0 aromatic carbocycles. The number of ether oxygens (including phenoxy) is 1. The van der Waals surface area contributed by atoms with Crippen molar-refractivity contribution in [2.75, 3.05) is 13.7 Å². The molecule has 1 fully saturated rings. The Bertz CT molecular complexity index is 443. The molecule has 114 valence electrons.